The van der Waals surface area contributed by atoms with Gasteiger partial charge in [-0.3, -0.25) is 4.79 Å². The summed E-state index contributed by atoms with van der Waals surface area (Å²) in [6.07, 6.45) is 0.375. The van der Waals surface area contributed by atoms with E-state index in [9.17, 15) is 9.18 Å². The molecule has 1 rings (SSSR count). The van der Waals surface area contributed by atoms with Crippen LogP contribution < -0.4 is 5.32 Å². The molecular formula is C9H16FNO. The molecule has 0 spiro atoms. The van der Waals surface area contributed by atoms with Crippen LogP contribution in [-0.2, 0) is 4.79 Å². The second-order valence-corrected chi connectivity index (χ2v) is 3.51. The second-order valence-electron chi connectivity index (χ2n) is 3.51. The zero-order valence-electron chi connectivity index (χ0n) is 7.64. The minimum Gasteiger partial charge on any atom is -0.304 e. The lowest BCUT2D eigenvalue weighted by atomic mass is 9.96. The van der Waals surface area contributed by atoms with Crippen LogP contribution in [0.3, 0.4) is 0 Å². The molecule has 3 unspecified atom stereocenters. The van der Waals surface area contributed by atoms with E-state index in [1.54, 1.807) is 0 Å². The van der Waals surface area contributed by atoms with Crippen LogP contribution >= 0.6 is 0 Å². The molecule has 0 saturated carbocycles. The Bertz CT molecular complexity index is 172. The number of hydrogen-bond acceptors (Lipinski definition) is 2. The van der Waals surface area contributed by atoms with Crippen molar-refractivity contribution in [1.29, 1.82) is 0 Å². The zero-order valence-corrected chi connectivity index (χ0v) is 7.64. The van der Waals surface area contributed by atoms with Gasteiger partial charge in [0, 0.05) is 18.9 Å². The fourth-order valence-electron chi connectivity index (χ4n) is 1.45. The average molecular weight is 173 g/mol. The zero-order chi connectivity index (χ0) is 9.14. The lowest BCUT2D eigenvalue weighted by molar-refractivity contribution is -0.124. The quantitative estimate of drug-likeness (QED) is 0.697. The summed E-state index contributed by atoms with van der Waals surface area (Å²) in [6, 6.07) is -0.227. The molecule has 0 bridgehead atoms. The molecule has 0 aromatic carbocycles. The number of carbonyl (C=O) groups excluding carboxylic acids is 1. The molecule has 0 radical (unpaired) electrons. The first-order chi connectivity index (χ1) is 5.65. The number of nitrogens with one attached hydrogen (secondary N) is 1. The van der Waals surface area contributed by atoms with Crippen molar-refractivity contribution in [2.75, 3.05) is 6.54 Å². The van der Waals surface area contributed by atoms with Crippen molar-refractivity contribution in [2.24, 2.45) is 5.92 Å². The Balaban J connectivity index is 2.43. The monoisotopic (exact) mass is 173 g/mol. The van der Waals surface area contributed by atoms with Gasteiger partial charge in [0.25, 0.3) is 0 Å². The number of ketones is 1. The third kappa shape index (κ3) is 2.03. The fraction of sp³-hybridized carbons (Fsp3) is 0.889. The molecule has 1 aliphatic rings. The van der Waals surface area contributed by atoms with Gasteiger partial charge in [-0.2, -0.15) is 0 Å². The van der Waals surface area contributed by atoms with Crippen LogP contribution in [0, 0.1) is 5.92 Å². The summed E-state index contributed by atoms with van der Waals surface area (Å²) in [7, 11) is 0. The van der Waals surface area contributed by atoms with Crippen molar-refractivity contribution < 1.29 is 9.18 Å². The lowest BCUT2D eigenvalue weighted by Crippen LogP contribution is -2.34. The second kappa shape index (κ2) is 3.99. The molecule has 3 atom stereocenters. The Labute approximate surface area is 72.5 Å². The number of alkyl halides is 1. The number of hydrogen-bond donors (Lipinski definition) is 1. The molecular weight excluding hydrogens is 157 g/mol. The first-order valence-electron chi connectivity index (χ1n) is 4.56. The van der Waals surface area contributed by atoms with Gasteiger partial charge in [-0.05, 0) is 6.42 Å². The predicted octanol–water partition coefficient (Wildman–Crippen LogP) is 1.30. The Morgan fingerprint density at radius 3 is 2.83 bits per heavy atom. The van der Waals surface area contributed by atoms with Crippen molar-refractivity contribution in [1.82, 2.24) is 5.32 Å². The van der Waals surface area contributed by atoms with Crippen LogP contribution in [0.4, 0.5) is 4.39 Å². The number of rotatable bonds is 3. The topological polar surface area (TPSA) is 29.1 Å². The summed E-state index contributed by atoms with van der Waals surface area (Å²) in [6.45, 7) is 4.22. The SMILES string of the molecule is CCC(C)C(=O)C1CC(F)CN1. The van der Waals surface area contributed by atoms with Crippen molar-refractivity contribution in [2.45, 2.75) is 38.9 Å². The predicted molar refractivity (Wildman–Crippen MR) is 45.8 cm³/mol. The summed E-state index contributed by atoms with van der Waals surface area (Å²) >= 11 is 0. The van der Waals surface area contributed by atoms with E-state index in [2.05, 4.69) is 5.32 Å². The van der Waals surface area contributed by atoms with Crippen LogP contribution in [0.1, 0.15) is 26.7 Å². The highest BCUT2D eigenvalue weighted by molar-refractivity contribution is 5.86. The first-order valence-corrected chi connectivity index (χ1v) is 4.56. The maximum atomic E-state index is 12.7. The lowest BCUT2D eigenvalue weighted by Gasteiger charge is -2.13. The van der Waals surface area contributed by atoms with Crippen LogP contribution in [-0.4, -0.2) is 24.5 Å². The van der Waals surface area contributed by atoms with Gasteiger partial charge in [0.1, 0.15) is 6.17 Å². The van der Waals surface area contributed by atoms with E-state index in [1.807, 2.05) is 13.8 Å². The highest BCUT2D eigenvalue weighted by atomic mass is 19.1. The maximum absolute atomic E-state index is 12.7. The van der Waals surface area contributed by atoms with E-state index in [4.69, 9.17) is 0 Å². The van der Waals surface area contributed by atoms with Crippen LogP contribution in [0.25, 0.3) is 0 Å². The van der Waals surface area contributed by atoms with Gasteiger partial charge in [0.05, 0.1) is 6.04 Å². The summed E-state index contributed by atoms with van der Waals surface area (Å²) in [5.74, 6) is 0.227. The summed E-state index contributed by atoms with van der Waals surface area (Å²) in [4.78, 5) is 11.5. The molecule has 1 N–H and O–H groups in total. The standard InChI is InChI=1S/C9H16FNO/c1-3-6(2)9(12)8-4-7(10)5-11-8/h6-8,11H,3-5H2,1-2H3. The highest BCUT2D eigenvalue weighted by Crippen LogP contribution is 2.15. The smallest absolute Gasteiger partial charge is 0.152 e. The Morgan fingerprint density at radius 2 is 2.42 bits per heavy atom. The van der Waals surface area contributed by atoms with E-state index < -0.39 is 6.17 Å². The van der Waals surface area contributed by atoms with Crippen LogP contribution in [0.15, 0.2) is 0 Å². The molecule has 1 saturated heterocycles. The number of halogens is 1. The largest absolute Gasteiger partial charge is 0.304 e. The number of Topliss-reactive ketones (excluding diaryl/α,β-unsaturated/α-hetero) is 1. The minimum atomic E-state index is -0.831. The molecule has 1 fully saturated rings. The normalized spacial score (nSPS) is 31.9. The third-order valence-electron chi connectivity index (χ3n) is 2.52. The number of carbonyl (C=O) groups is 1. The van der Waals surface area contributed by atoms with Gasteiger partial charge in [0.2, 0.25) is 0 Å². The van der Waals surface area contributed by atoms with Gasteiger partial charge in [0.15, 0.2) is 5.78 Å². The fourth-order valence-corrected chi connectivity index (χ4v) is 1.45. The summed E-state index contributed by atoms with van der Waals surface area (Å²) in [5, 5.41) is 2.90. The minimum absolute atomic E-state index is 0.0628. The van der Waals surface area contributed by atoms with E-state index in [-0.39, 0.29) is 17.7 Å². The first kappa shape index (κ1) is 9.65. The van der Waals surface area contributed by atoms with E-state index in [0.29, 0.717) is 13.0 Å². The highest BCUT2D eigenvalue weighted by Gasteiger charge is 2.30. The van der Waals surface area contributed by atoms with Crippen LogP contribution in [0.2, 0.25) is 0 Å². The molecule has 1 heterocycles. The Kier molecular flexibility index (Phi) is 3.20. The third-order valence-corrected chi connectivity index (χ3v) is 2.52. The van der Waals surface area contributed by atoms with Crippen molar-refractivity contribution in [3.63, 3.8) is 0 Å². The van der Waals surface area contributed by atoms with Gasteiger partial charge < -0.3 is 5.32 Å². The van der Waals surface area contributed by atoms with Crippen molar-refractivity contribution >= 4 is 5.78 Å². The molecule has 0 aliphatic carbocycles. The van der Waals surface area contributed by atoms with Gasteiger partial charge in [-0.15, -0.1) is 0 Å². The molecule has 0 aromatic heterocycles. The Morgan fingerprint density at radius 1 is 1.75 bits per heavy atom. The molecule has 12 heavy (non-hydrogen) atoms. The van der Waals surface area contributed by atoms with Gasteiger partial charge in [-0.25, -0.2) is 4.39 Å². The average Bonchev–Trinajstić information content (AvgIpc) is 2.49. The van der Waals surface area contributed by atoms with Crippen LogP contribution in [0.5, 0.6) is 0 Å². The molecule has 3 heteroatoms. The Hall–Kier alpha value is -0.440. The molecule has 0 aromatic rings. The van der Waals surface area contributed by atoms with Gasteiger partial charge >= 0.3 is 0 Å². The molecule has 1 aliphatic heterocycles. The molecule has 0 amide bonds. The van der Waals surface area contributed by atoms with E-state index in [1.165, 1.54) is 0 Å². The van der Waals surface area contributed by atoms with E-state index >= 15 is 0 Å². The van der Waals surface area contributed by atoms with Gasteiger partial charge in [-0.1, -0.05) is 13.8 Å². The van der Waals surface area contributed by atoms with E-state index in [0.717, 1.165) is 6.42 Å². The summed E-state index contributed by atoms with van der Waals surface area (Å²) < 4.78 is 12.7. The van der Waals surface area contributed by atoms with Crippen molar-refractivity contribution in [3.8, 4) is 0 Å². The van der Waals surface area contributed by atoms with Crippen molar-refractivity contribution in [3.05, 3.63) is 0 Å². The molecule has 2 nitrogen and oxygen atoms in total. The molecule has 70 valence electrons. The maximum Gasteiger partial charge on any atom is 0.152 e. The summed E-state index contributed by atoms with van der Waals surface area (Å²) in [5.41, 5.74) is 0.